The van der Waals surface area contributed by atoms with Crippen molar-refractivity contribution < 1.29 is 0 Å². The van der Waals surface area contributed by atoms with E-state index in [1.165, 1.54) is 6.42 Å². The highest BCUT2D eigenvalue weighted by Crippen LogP contribution is 2.02. The summed E-state index contributed by atoms with van der Waals surface area (Å²) in [5.41, 5.74) is 0. The van der Waals surface area contributed by atoms with E-state index in [4.69, 9.17) is 0 Å². The van der Waals surface area contributed by atoms with Crippen LogP contribution in [0.15, 0.2) is 0 Å². The summed E-state index contributed by atoms with van der Waals surface area (Å²) in [6.45, 7) is 5.39. The molecule has 1 unspecified atom stereocenters. The topological polar surface area (TPSA) is 12.0 Å². The van der Waals surface area contributed by atoms with Crippen LogP contribution in [0.25, 0.3) is 0 Å². The number of hydrogen-bond acceptors (Lipinski definition) is 1. The molecule has 0 aliphatic heterocycles. The maximum atomic E-state index is 3.83. The number of rotatable bonds is 3. The van der Waals surface area contributed by atoms with Crippen LogP contribution in [0, 0.1) is 0 Å². The van der Waals surface area contributed by atoms with Crippen LogP contribution in [0.2, 0.25) is 0 Å². The van der Waals surface area contributed by atoms with Crippen LogP contribution in [0.3, 0.4) is 0 Å². The van der Waals surface area contributed by atoms with E-state index >= 15 is 0 Å². The monoisotopic (exact) mass is 118 g/mol. The average molecular weight is 118 g/mol. The van der Waals surface area contributed by atoms with Crippen molar-refractivity contribution in [2.45, 2.75) is 13.3 Å². The summed E-state index contributed by atoms with van der Waals surface area (Å²) in [4.78, 5) is 0. The van der Waals surface area contributed by atoms with Crippen LogP contribution in [0.4, 0.5) is 0 Å². The quantitative estimate of drug-likeness (QED) is 0.553. The first-order chi connectivity index (χ1) is 3.27. The lowest BCUT2D eigenvalue weighted by Gasteiger charge is -1.85. The lowest BCUT2D eigenvalue weighted by molar-refractivity contribution is 0.873. The Morgan fingerprint density at radius 3 is 2.43 bits per heavy atom. The summed E-state index contributed by atoms with van der Waals surface area (Å²) >= 11 is 0. The van der Waals surface area contributed by atoms with Gasteiger partial charge in [-0.2, -0.15) is 0 Å². The van der Waals surface area contributed by atoms with Gasteiger partial charge in [-0.1, -0.05) is 6.92 Å². The lowest BCUT2D eigenvalue weighted by Crippen LogP contribution is -2.02. The summed E-state index contributed by atoms with van der Waals surface area (Å²) in [7, 11) is -0.106. The van der Waals surface area contributed by atoms with Gasteiger partial charge in [0.25, 0.3) is 0 Å². The third-order valence-corrected chi connectivity index (χ3v) is 1.40. The standard InChI is InChI=1S/C5H13NP/c1-4-5-6-7(2)3/h6H,2,4-5H2,1,3H3/q+1. The van der Waals surface area contributed by atoms with Gasteiger partial charge in [0.1, 0.15) is 6.66 Å². The highest BCUT2D eigenvalue weighted by atomic mass is 31.1. The molecule has 0 aromatic heterocycles. The summed E-state index contributed by atoms with van der Waals surface area (Å²) < 4.78 is 0. The van der Waals surface area contributed by atoms with E-state index in [2.05, 4.69) is 25.0 Å². The van der Waals surface area contributed by atoms with Gasteiger partial charge < -0.3 is 0 Å². The zero-order chi connectivity index (χ0) is 5.70. The molecular formula is C5H13NP+. The van der Waals surface area contributed by atoms with Crippen LogP contribution in [0.1, 0.15) is 13.3 Å². The Morgan fingerprint density at radius 1 is 1.71 bits per heavy atom. The molecule has 0 rings (SSSR count). The van der Waals surface area contributed by atoms with Crippen LogP contribution >= 0.6 is 7.70 Å². The van der Waals surface area contributed by atoms with Crippen LogP contribution < -0.4 is 5.09 Å². The van der Waals surface area contributed by atoms with Gasteiger partial charge in [0.05, 0.1) is 6.30 Å². The van der Waals surface area contributed by atoms with Crippen molar-refractivity contribution in [3.63, 3.8) is 0 Å². The predicted octanol–water partition coefficient (Wildman–Crippen LogP) is 1.44. The molecule has 0 heterocycles. The van der Waals surface area contributed by atoms with Crippen molar-refractivity contribution >= 4 is 14.0 Å². The maximum absolute atomic E-state index is 3.83. The molecule has 0 aromatic rings. The number of nitrogens with one attached hydrogen (secondary N) is 1. The Bertz CT molecular complexity index is 61.1. The van der Waals surface area contributed by atoms with Crippen molar-refractivity contribution in [1.29, 1.82) is 0 Å². The first-order valence-corrected chi connectivity index (χ1v) is 4.52. The molecular weight excluding hydrogens is 105 g/mol. The van der Waals surface area contributed by atoms with Crippen LogP contribution in [0.5, 0.6) is 0 Å². The van der Waals surface area contributed by atoms with Crippen molar-refractivity contribution in [3.05, 3.63) is 0 Å². The predicted molar refractivity (Wildman–Crippen MR) is 38.3 cm³/mol. The van der Waals surface area contributed by atoms with Gasteiger partial charge in [-0.15, -0.1) is 5.09 Å². The molecule has 0 aromatic carbocycles. The smallest absolute Gasteiger partial charge is 0.145 e. The highest BCUT2D eigenvalue weighted by Gasteiger charge is 1.89. The molecule has 0 saturated carbocycles. The zero-order valence-corrected chi connectivity index (χ0v) is 5.96. The second-order valence-electron chi connectivity index (χ2n) is 1.61. The van der Waals surface area contributed by atoms with Crippen molar-refractivity contribution in [1.82, 2.24) is 5.09 Å². The molecule has 0 aliphatic carbocycles. The normalized spacial score (nSPS) is 11.4. The first-order valence-electron chi connectivity index (χ1n) is 2.55. The van der Waals surface area contributed by atoms with Crippen LogP contribution in [-0.4, -0.2) is 19.5 Å². The van der Waals surface area contributed by atoms with Crippen molar-refractivity contribution in [2.75, 3.05) is 13.2 Å². The molecule has 0 bridgehead atoms. The summed E-state index contributed by atoms with van der Waals surface area (Å²) in [5, 5.41) is 3.25. The minimum absolute atomic E-state index is 0.106. The molecule has 1 atom stereocenters. The average Bonchev–Trinajstić information content (AvgIpc) is 1.61. The highest BCUT2D eigenvalue weighted by molar-refractivity contribution is 7.52. The molecule has 0 spiro atoms. The molecule has 2 heteroatoms. The minimum Gasteiger partial charge on any atom is -0.145 e. The Labute approximate surface area is 46.6 Å². The van der Waals surface area contributed by atoms with Gasteiger partial charge in [-0.05, 0) is 6.42 Å². The Balaban J connectivity index is 2.82. The Kier molecular flexibility index (Phi) is 4.37. The number of hydrogen-bond donors (Lipinski definition) is 1. The molecule has 1 nitrogen and oxygen atoms in total. The maximum Gasteiger partial charge on any atom is 0.171 e. The summed E-state index contributed by atoms with van der Waals surface area (Å²) in [6, 6.07) is 0. The summed E-state index contributed by atoms with van der Waals surface area (Å²) in [5.74, 6) is 0. The van der Waals surface area contributed by atoms with E-state index < -0.39 is 0 Å². The lowest BCUT2D eigenvalue weighted by atomic mass is 10.5. The fourth-order valence-corrected chi connectivity index (χ4v) is 0.908. The third kappa shape index (κ3) is 6.13. The van der Waals surface area contributed by atoms with E-state index in [1.807, 2.05) is 0 Å². The van der Waals surface area contributed by atoms with E-state index in [0.717, 1.165) is 6.54 Å². The second-order valence-corrected chi connectivity index (χ2v) is 3.32. The Hall–Kier alpha value is 0.130. The summed E-state index contributed by atoms with van der Waals surface area (Å²) in [6.07, 6.45) is 5.04. The van der Waals surface area contributed by atoms with Crippen LogP contribution in [-0.2, 0) is 0 Å². The molecule has 7 heavy (non-hydrogen) atoms. The molecule has 42 valence electrons. The first kappa shape index (κ1) is 7.13. The van der Waals surface area contributed by atoms with Gasteiger partial charge in [0.15, 0.2) is 7.70 Å². The van der Waals surface area contributed by atoms with Crippen molar-refractivity contribution in [3.8, 4) is 0 Å². The van der Waals surface area contributed by atoms with E-state index in [1.54, 1.807) is 0 Å². The fraction of sp³-hybridized carbons (Fsp3) is 0.800. The van der Waals surface area contributed by atoms with E-state index in [9.17, 15) is 0 Å². The van der Waals surface area contributed by atoms with Gasteiger partial charge in [-0.3, -0.25) is 0 Å². The molecule has 1 N–H and O–H groups in total. The SMILES string of the molecule is C=[P+](C)NCCC. The molecule has 0 amide bonds. The fourth-order valence-electron chi connectivity index (χ4n) is 0.303. The molecule has 0 aliphatic rings. The van der Waals surface area contributed by atoms with Gasteiger partial charge in [-0.25, -0.2) is 0 Å². The Morgan fingerprint density at radius 2 is 2.29 bits per heavy atom. The largest absolute Gasteiger partial charge is 0.171 e. The molecule has 0 radical (unpaired) electrons. The van der Waals surface area contributed by atoms with E-state index in [0.29, 0.717) is 0 Å². The van der Waals surface area contributed by atoms with Crippen molar-refractivity contribution in [2.24, 2.45) is 0 Å². The molecule has 0 fully saturated rings. The minimum atomic E-state index is -0.106. The van der Waals surface area contributed by atoms with Gasteiger partial charge in [0, 0.05) is 6.54 Å². The third-order valence-electron chi connectivity index (χ3n) is 0.632. The second kappa shape index (κ2) is 4.29. The van der Waals surface area contributed by atoms with E-state index in [-0.39, 0.29) is 7.70 Å². The van der Waals surface area contributed by atoms with Gasteiger partial charge in [0.2, 0.25) is 0 Å². The zero-order valence-electron chi connectivity index (χ0n) is 5.07. The van der Waals surface area contributed by atoms with Gasteiger partial charge >= 0.3 is 0 Å². The molecule has 0 saturated heterocycles.